The molecule has 2 aromatic rings. The highest BCUT2D eigenvalue weighted by Crippen LogP contribution is 2.36. The van der Waals surface area contributed by atoms with Crippen molar-refractivity contribution in [3.8, 4) is 5.75 Å². The third kappa shape index (κ3) is 4.21. The van der Waals surface area contributed by atoms with E-state index in [1.807, 2.05) is 51.3 Å². The Morgan fingerprint density at radius 1 is 1.22 bits per heavy atom. The van der Waals surface area contributed by atoms with Crippen LogP contribution in [0.4, 0.5) is 0 Å². The molecular weight excluding hydrogens is 362 g/mol. The van der Waals surface area contributed by atoms with Gasteiger partial charge in [0.1, 0.15) is 5.75 Å². The number of aromatic nitrogens is 4. The summed E-state index contributed by atoms with van der Waals surface area (Å²) in [5, 5.41) is 26.1. The predicted molar refractivity (Wildman–Crippen MR) is 106 cm³/mol. The van der Waals surface area contributed by atoms with Crippen LogP contribution in [0.25, 0.3) is 6.08 Å². The van der Waals surface area contributed by atoms with Crippen LogP contribution in [0.2, 0.25) is 0 Å². The number of tetrazole rings is 1. The fraction of sp³-hybridized carbons (Fsp3) is 0.368. The number of aromatic hydroxyl groups is 1. The highest BCUT2D eigenvalue weighted by Gasteiger charge is 2.22. The van der Waals surface area contributed by atoms with Crippen molar-refractivity contribution in [2.45, 2.75) is 46.1 Å². The molecule has 3 rings (SSSR count). The molecule has 0 unspecified atom stereocenters. The zero-order valence-corrected chi connectivity index (χ0v) is 16.6. The molecule has 0 aliphatic carbocycles. The van der Waals surface area contributed by atoms with Gasteiger partial charge < -0.3 is 10.0 Å². The Balaban J connectivity index is 1.93. The molecule has 0 atom stereocenters. The van der Waals surface area contributed by atoms with E-state index in [-0.39, 0.29) is 24.3 Å². The van der Waals surface area contributed by atoms with E-state index in [0.29, 0.717) is 16.5 Å². The average Bonchev–Trinajstić information content (AvgIpc) is 3.12. The van der Waals surface area contributed by atoms with Crippen LogP contribution in [0.3, 0.4) is 0 Å². The molecule has 1 aliphatic heterocycles. The number of phenolic OH excluding ortho intramolecular Hbond substituents is 1. The minimum atomic E-state index is -0.113. The van der Waals surface area contributed by atoms with Gasteiger partial charge in [0.25, 0.3) is 5.91 Å². The van der Waals surface area contributed by atoms with Crippen LogP contribution in [-0.2, 0) is 11.3 Å². The van der Waals surface area contributed by atoms with Crippen molar-refractivity contribution in [1.29, 1.82) is 0 Å². The van der Waals surface area contributed by atoms with E-state index in [1.165, 1.54) is 11.8 Å². The average molecular weight is 385 g/mol. The Bertz CT molecular complexity index is 859. The van der Waals surface area contributed by atoms with Crippen molar-refractivity contribution in [3.05, 3.63) is 51.2 Å². The molecule has 2 N–H and O–H groups in total. The van der Waals surface area contributed by atoms with E-state index >= 15 is 0 Å². The Kier molecular flexibility index (Phi) is 5.65. The standard InChI is InChI=1S/C19H23N5O2S/c1-11(2)14-7-13(8-15(12(3)4)18(14)25)9-16-19(26)24(5-6-27-16)10-17-20-22-23-21-17/h5-9,11-12,25H,10H2,1-4H3,(H,20,21,22,23)/b16-9-. The summed E-state index contributed by atoms with van der Waals surface area (Å²) in [5.41, 5.74) is 2.69. The normalized spacial score (nSPS) is 16.1. The SMILES string of the molecule is CC(C)c1cc(/C=C2\SC=CN(Cc3nn[nH]n3)C2=O)cc(C(C)C)c1O. The van der Waals surface area contributed by atoms with Crippen molar-refractivity contribution in [3.63, 3.8) is 0 Å². The van der Waals surface area contributed by atoms with Crippen molar-refractivity contribution in [2.75, 3.05) is 0 Å². The smallest absolute Gasteiger partial charge is 0.265 e. The summed E-state index contributed by atoms with van der Waals surface area (Å²) in [6.07, 6.45) is 3.59. The van der Waals surface area contributed by atoms with Crippen molar-refractivity contribution < 1.29 is 9.90 Å². The van der Waals surface area contributed by atoms with E-state index < -0.39 is 0 Å². The van der Waals surface area contributed by atoms with E-state index in [1.54, 1.807) is 11.1 Å². The number of nitrogens with zero attached hydrogens (tertiary/aromatic N) is 4. The third-order valence-corrected chi connectivity index (χ3v) is 5.15. The van der Waals surface area contributed by atoms with Gasteiger partial charge in [-0.2, -0.15) is 5.21 Å². The van der Waals surface area contributed by atoms with Gasteiger partial charge >= 0.3 is 0 Å². The quantitative estimate of drug-likeness (QED) is 0.762. The number of benzene rings is 1. The largest absolute Gasteiger partial charge is 0.507 e. The molecule has 142 valence electrons. The number of aromatic amines is 1. The molecule has 1 amide bonds. The van der Waals surface area contributed by atoms with E-state index in [2.05, 4.69) is 20.6 Å². The first-order valence-electron chi connectivity index (χ1n) is 8.82. The predicted octanol–water partition coefficient (Wildman–Crippen LogP) is 3.74. The van der Waals surface area contributed by atoms with Gasteiger partial charge in [-0.1, -0.05) is 44.7 Å². The molecule has 0 saturated carbocycles. The number of carbonyl (C=O) groups is 1. The number of nitrogens with one attached hydrogen (secondary N) is 1. The zero-order chi connectivity index (χ0) is 19.6. The topological polar surface area (TPSA) is 95.0 Å². The summed E-state index contributed by atoms with van der Waals surface area (Å²) in [6.45, 7) is 8.45. The monoisotopic (exact) mass is 385 g/mol. The van der Waals surface area contributed by atoms with Gasteiger partial charge in [0.2, 0.25) is 0 Å². The minimum absolute atomic E-state index is 0.113. The second-order valence-electron chi connectivity index (χ2n) is 7.03. The maximum absolute atomic E-state index is 12.8. The third-order valence-electron chi connectivity index (χ3n) is 4.34. The van der Waals surface area contributed by atoms with E-state index in [9.17, 15) is 9.90 Å². The first-order valence-corrected chi connectivity index (χ1v) is 9.70. The highest BCUT2D eigenvalue weighted by molar-refractivity contribution is 8.06. The molecule has 0 fully saturated rings. The maximum Gasteiger partial charge on any atom is 0.265 e. The number of carbonyl (C=O) groups excluding carboxylic acids is 1. The van der Waals surface area contributed by atoms with Gasteiger partial charge in [-0.05, 0) is 52.1 Å². The van der Waals surface area contributed by atoms with Crippen molar-refractivity contribution in [2.24, 2.45) is 0 Å². The molecule has 0 bridgehead atoms. The van der Waals surface area contributed by atoms with Gasteiger partial charge in [-0.15, -0.1) is 10.2 Å². The fourth-order valence-electron chi connectivity index (χ4n) is 2.88. The Labute approximate surface area is 162 Å². The molecule has 8 heteroatoms. The van der Waals surface area contributed by atoms with Crippen LogP contribution < -0.4 is 0 Å². The van der Waals surface area contributed by atoms with Crippen LogP contribution in [-0.4, -0.2) is 36.5 Å². The van der Waals surface area contributed by atoms with Crippen LogP contribution >= 0.6 is 11.8 Å². The molecule has 1 aliphatic rings. The summed E-state index contributed by atoms with van der Waals surface area (Å²) < 4.78 is 0. The lowest BCUT2D eigenvalue weighted by Crippen LogP contribution is -2.28. The summed E-state index contributed by atoms with van der Waals surface area (Å²) in [5.74, 6) is 1.06. The summed E-state index contributed by atoms with van der Waals surface area (Å²) in [7, 11) is 0. The fourth-order valence-corrected chi connectivity index (χ4v) is 3.65. The molecule has 27 heavy (non-hydrogen) atoms. The molecular formula is C19H23N5O2S. The summed E-state index contributed by atoms with van der Waals surface area (Å²) >= 11 is 1.38. The second-order valence-corrected chi connectivity index (χ2v) is 7.98. The molecule has 7 nitrogen and oxygen atoms in total. The molecule has 0 saturated heterocycles. The summed E-state index contributed by atoms with van der Waals surface area (Å²) in [4.78, 5) is 15.0. The van der Waals surface area contributed by atoms with Crippen LogP contribution in [0.5, 0.6) is 5.75 Å². The van der Waals surface area contributed by atoms with Gasteiger partial charge in [0.15, 0.2) is 5.82 Å². The lowest BCUT2D eigenvalue weighted by molar-refractivity contribution is -0.124. The molecule has 1 aromatic heterocycles. The van der Waals surface area contributed by atoms with Crippen LogP contribution in [0, 0.1) is 0 Å². The number of phenols is 1. The lowest BCUT2D eigenvalue weighted by atomic mass is 9.91. The van der Waals surface area contributed by atoms with Crippen molar-refractivity contribution >= 4 is 23.7 Å². The Hall–Kier alpha value is -2.61. The lowest BCUT2D eigenvalue weighted by Gasteiger charge is -2.22. The van der Waals surface area contributed by atoms with Crippen molar-refractivity contribution in [1.82, 2.24) is 25.5 Å². The molecule has 0 spiro atoms. The minimum Gasteiger partial charge on any atom is -0.507 e. The van der Waals surface area contributed by atoms with E-state index in [0.717, 1.165) is 16.7 Å². The number of hydrogen-bond donors (Lipinski definition) is 2. The first kappa shape index (κ1) is 19.2. The second kappa shape index (κ2) is 7.96. The van der Waals surface area contributed by atoms with Crippen LogP contribution in [0.15, 0.2) is 28.6 Å². The Morgan fingerprint density at radius 2 is 1.89 bits per heavy atom. The van der Waals surface area contributed by atoms with Gasteiger partial charge in [-0.3, -0.25) is 4.79 Å². The molecule has 0 radical (unpaired) electrons. The summed E-state index contributed by atoms with van der Waals surface area (Å²) in [6, 6.07) is 3.91. The molecule has 2 heterocycles. The number of H-pyrrole nitrogens is 1. The van der Waals surface area contributed by atoms with E-state index in [4.69, 9.17) is 0 Å². The van der Waals surface area contributed by atoms with Gasteiger partial charge in [0, 0.05) is 6.20 Å². The number of amides is 1. The number of hydrogen-bond acceptors (Lipinski definition) is 6. The van der Waals surface area contributed by atoms with Gasteiger partial charge in [-0.25, -0.2) is 0 Å². The zero-order valence-electron chi connectivity index (χ0n) is 15.8. The first-order chi connectivity index (χ1) is 12.9. The number of thioether (sulfide) groups is 1. The van der Waals surface area contributed by atoms with Gasteiger partial charge in [0.05, 0.1) is 11.4 Å². The Morgan fingerprint density at radius 3 is 2.44 bits per heavy atom. The number of rotatable bonds is 5. The molecule has 1 aromatic carbocycles. The highest BCUT2D eigenvalue weighted by atomic mass is 32.2. The van der Waals surface area contributed by atoms with Crippen LogP contribution in [0.1, 0.15) is 62.0 Å². The maximum atomic E-state index is 12.8.